The molecule has 10 nitrogen and oxygen atoms in total. The third-order valence-corrected chi connectivity index (χ3v) is 8.60. The fraction of sp³-hybridized carbons (Fsp3) is 0.357. The number of rotatable bonds is 10. The van der Waals surface area contributed by atoms with Gasteiger partial charge in [-0.15, -0.1) is 9.52 Å². The lowest BCUT2D eigenvalue weighted by Crippen LogP contribution is -2.34. The Morgan fingerprint density at radius 1 is 1.07 bits per heavy atom. The lowest BCUT2D eigenvalue weighted by molar-refractivity contribution is -0.120. The molecule has 2 aliphatic rings. The molecule has 0 aromatic heterocycles. The van der Waals surface area contributed by atoms with Gasteiger partial charge < -0.3 is 20.1 Å². The first kappa shape index (κ1) is 29.5. The summed E-state index contributed by atoms with van der Waals surface area (Å²) >= 11 is 2.78. The van der Waals surface area contributed by atoms with Crippen molar-refractivity contribution in [2.45, 2.75) is 38.1 Å². The Hall–Kier alpha value is -3.48. The van der Waals surface area contributed by atoms with E-state index in [1.54, 1.807) is 21.3 Å². The smallest absolute Gasteiger partial charge is 0.230 e. The van der Waals surface area contributed by atoms with E-state index in [0.29, 0.717) is 21.7 Å². The molecule has 12 heteroatoms. The van der Waals surface area contributed by atoms with Gasteiger partial charge in [-0.25, -0.2) is 5.53 Å². The predicted molar refractivity (Wildman–Crippen MR) is 161 cm³/mol. The minimum atomic E-state index is -0.160. The molecule has 2 atom stereocenters. The maximum Gasteiger partial charge on any atom is 0.230 e. The van der Waals surface area contributed by atoms with E-state index in [9.17, 15) is 9.59 Å². The van der Waals surface area contributed by atoms with Gasteiger partial charge in [0.15, 0.2) is 0 Å². The molecule has 0 radical (unpaired) electrons. The maximum absolute atomic E-state index is 12.6. The van der Waals surface area contributed by atoms with Crippen LogP contribution >= 0.6 is 23.7 Å². The molecular weight excluding hydrogens is 548 g/mol. The average Bonchev–Trinajstić information content (AvgIpc) is 3.62. The van der Waals surface area contributed by atoms with Gasteiger partial charge in [0.2, 0.25) is 17.0 Å². The second-order valence-corrected chi connectivity index (χ2v) is 11.3. The molecular formula is C28H34N6O4S2. The fourth-order valence-corrected chi connectivity index (χ4v) is 6.44. The second kappa shape index (κ2) is 14.2. The van der Waals surface area contributed by atoms with Crippen LogP contribution in [0.5, 0.6) is 11.5 Å². The largest absolute Gasteiger partial charge is 0.496 e. The number of thioether (sulfide) groups is 1. The molecule has 1 unspecified atom stereocenters. The van der Waals surface area contributed by atoms with Gasteiger partial charge in [-0.1, -0.05) is 54.7 Å². The van der Waals surface area contributed by atoms with E-state index in [1.165, 1.54) is 23.7 Å². The standard InChI is InChI=1S/C28H34N6O4S2/c1-18(30-25(35)16-19-9-5-7-11-23(19)37-3)39-27(29-2)21-13-14-22(15-21)34-33-32-28(40-34)31-26(36)17-20-10-6-8-12-24(20)38-4/h5-12,21-22,33H,1,13-17H2,2-4H3,(H,30,35)(H,31,32,36)/t21?,22-/m0/s1. The summed E-state index contributed by atoms with van der Waals surface area (Å²) < 4.78 is 12.6. The number of ether oxygens (including phenoxy) is 2. The molecule has 40 heavy (non-hydrogen) atoms. The quantitative estimate of drug-likeness (QED) is 0.220. The summed E-state index contributed by atoms with van der Waals surface area (Å²) in [6.07, 6.45) is 3.14. The number of amidine groups is 1. The van der Waals surface area contributed by atoms with Crippen LogP contribution in [-0.4, -0.2) is 53.7 Å². The summed E-state index contributed by atoms with van der Waals surface area (Å²) in [4.78, 5) is 29.7. The molecule has 1 aliphatic carbocycles. The van der Waals surface area contributed by atoms with Gasteiger partial charge in [0.1, 0.15) is 11.5 Å². The van der Waals surface area contributed by atoms with Gasteiger partial charge in [-0.2, -0.15) is 0 Å². The second-order valence-electron chi connectivity index (χ2n) is 9.26. The highest BCUT2D eigenvalue weighted by Gasteiger charge is 2.36. The van der Waals surface area contributed by atoms with Gasteiger partial charge in [0, 0.05) is 42.1 Å². The predicted octanol–water partition coefficient (Wildman–Crippen LogP) is 3.86. The van der Waals surface area contributed by atoms with Crippen LogP contribution < -0.4 is 25.6 Å². The number of amides is 2. The zero-order valence-electron chi connectivity index (χ0n) is 22.8. The lowest BCUT2D eigenvalue weighted by atomic mass is 10.1. The minimum Gasteiger partial charge on any atom is -0.496 e. The minimum absolute atomic E-state index is 0.156. The van der Waals surface area contributed by atoms with Crippen LogP contribution in [0.2, 0.25) is 0 Å². The number of methoxy groups -OCH3 is 2. The Labute approximate surface area is 243 Å². The van der Waals surface area contributed by atoms with Crippen LogP contribution in [-0.2, 0) is 22.4 Å². The number of nitrogens with one attached hydrogen (secondary N) is 3. The first-order valence-electron chi connectivity index (χ1n) is 12.9. The molecule has 3 N–H and O–H groups in total. The number of carbonyl (C=O) groups is 2. The molecule has 1 aliphatic heterocycles. The molecule has 2 aromatic carbocycles. The molecule has 212 valence electrons. The van der Waals surface area contributed by atoms with Gasteiger partial charge in [0.05, 0.1) is 37.1 Å². The van der Waals surface area contributed by atoms with Crippen molar-refractivity contribution in [1.82, 2.24) is 20.6 Å². The summed E-state index contributed by atoms with van der Waals surface area (Å²) in [7, 11) is 4.95. The number of nitrogens with zero attached hydrogens (tertiary/aromatic N) is 3. The van der Waals surface area contributed by atoms with Crippen LogP contribution in [0.4, 0.5) is 0 Å². The summed E-state index contributed by atoms with van der Waals surface area (Å²) in [6, 6.07) is 15.1. The maximum atomic E-state index is 12.6. The molecule has 0 bridgehead atoms. The van der Waals surface area contributed by atoms with Crippen molar-refractivity contribution >= 4 is 45.7 Å². The van der Waals surface area contributed by atoms with E-state index in [0.717, 1.165) is 35.4 Å². The number of hydrazone groups is 1. The van der Waals surface area contributed by atoms with E-state index in [2.05, 4.69) is 32.8 Å². The SMILES string of the molecule is C=C(NC(=O)Cc1ccccc1OC)SC(=NC)C1CC[C@H](N2NN=C(NC(=O)Cc3ccccc3OC)S2)C1. The van der Waals surface area contributed by atoms with Gasteiger partial charge >= 0.3 is 0 Å². The van der Waals surface area contributed by atoms with E-state index in [1.807, 2.05) is 52.9 Å². The number of aliphatic imine (C=N–C) groups is 1. The van der Waals surface area contributed by atoms with Crippen molar-refractivity contribution in [2.24, 2.45) is 16.0 Å². The topological polar surface area (TPSA) is 117 Å². The van der Waals surface area contributed by atoms with Crippen molar-refractivity contribution < 1.29 is 19.1 Å². The Morgan fingerprint density at radius 2 is 1.70 bits per heavy atom. The third kappa shape index (κ3) is 7.80. The van der Waals surface area contributed by atoms with Crippen LogP contribution in [0.25, 0.3) is 0 Å². The normalized spacial score (nSPS) is 19.0. The van der Waals surface area contributed by atoms with Crippen molar-refractivity contribution in [3.8, 4) is 11.5 Å². The fourth-order valence-electron chi connectivity index (χ4n) is 4.70. The van der Waals surface area contributed by atoms with Crippen LogP contribution in [0.3, 0.4) is 0 Å². The number of para-hydroxylation sites is 2. The molecule has 1 heterocycles. The molecule has 4 rings (SSSR count). The van der Waals surface area contributed by atoms with E-state index in [4.69, 9.17) is 9.47 Å². The van der Waals surface area contributed by atoms with Crippen molar-refractivity contribution in [2.75, 3.05) is 21.3 Å². The number of benzene rings is 2. The molecule has 1 fully saturated rings. The Bertz CT molecular complexity index is 1300. The highest BCUT2D eigenvalue weighted by molar-refractivity contribution is 8.17. The van der Waals surface area contributed by atoms with Crippen LogP contribution in [0.1, 0.15) is 30.4 Å². The lowest BCUT2D eigenvalue weighted by Gasteiger charge is -2.21. The van der Waals surface area contributed by atoms with Crippen molar-refractivity contribution in [3.63, 3.8) is 0 Å². The average molecular weight is 583 g/mol. The van der Waals surface area contributed by atoms with Crippen molar-refractivity contribution in [1.29, 1.82) is 0 Å². The Balaban J connectivity index is 1.22. The highest BCUT2D eigenvalue weighted by atomic mass is 32.2. The van der Waals surface area contributed by atoms with Gasteiger partial charge in [0.25, 0.3) is 0 Å². The number of carbonyl (C=O) groups excluding carboxylic acids is 2. The van der Waals surface area contributed by atoms with Crippen molar-refractivity contribution in [3.05, 3.63) is 71.3 Å². The highest BCUT2D eigenvalue weighted by Crippen LogP contribution is 2.37. The summed E-state index contributed by atoms with van der Waals surface area (Å²) in [5, 5.41) is 12.0. The Kier molecular flexibility index (Phi) is 10.5. The summed E-state index contributed by atoms with van der Waals surface area (Å²) in [5.74, 6) is 1.28. The Morgan fingerprint density at radius 3 is 2.33 bits per heavy atom. The van der Waals surface area contributed by atoms with Gasteiger partial charge in [-0.3, -0.25) is 14.6 Å². The van der Waals surface area contributed by atoms with Crippen LogP contribution in [0, 0.1) is 5.92 Å². The first-order chi connectivity index (χ1) is 19.4. The molecule has 0 saturated heterocycles. The first-order valence-corrected chi connectivity index (χ1v) is 14.5. The van der Waals surface area contributed by atoms with E-state index < -0.39 is 0 Å². The summed E-state index contributed by atoms with van der Waals surface area (Å²) in [5.41, 5.74) is 4.66. The summed E-state index contributed by atoms with van der Waals surface area (Å²) in [6.45, 7) is 4.04. The van der Waals surface area contributed by atoms with Gasteiger partial charge in [-0.05, 0) is 31.4 Å². The van der Waals surface area contributed by atoms with E-state index in [-0.39, 0.29) is 36.6 Å². The monoisotopic (exact) mass is 582 g/mol. The molecule has 2 amide bonds. The van der Waals surface area contributed by atoms with E-state index >= 15 is 0 Å². The molecule has 1 saturated carbocycles. The number of hydrogen-bond acceptors (Lipinski definition) is 10. The molecule has 2 aromatic rings. The third-order valence-electron chi connectivity index (χ3n) is 6.58. The number of hydrazine groups is 1. The van der Waals surface area contributed by atoms with Crippen LogP contribution in [0.15, 0.2) is 70.2 Å². The molecule has 0 spiro atoms. The zero-order valence-corrected chi connectivity index (χ0v) is 24.4. The number of hydrogen-bond donors (Lipinski definition) is 3. The zero-order chi connectivity index (χ0) is 28.5.